The molecule has 0 unspecified atom stereocenters. The number of carbonyl (C=O) groups excluding carboxylic acids is 1. The van der Waals surface area contributed by atoms with E-state index in [2.05, 4.69) is 0 Å². The predicted octanol–water partition coefficient (Wildman–Crippen LogP) is 1.15. The third kappa shape index (κ3) is 1.66. The first-order valence-corrected chi connectivity index (χ1v) is 4.95. The van der Waals surface area contributed by atoms with Crippen LogP contribution in [-0.2, 0) is 11.3 Å². The Balaban J connectivity index is 2.73. The normalized spacial score (nSPS) is 10.9. The number of aromatic nitrogens is 1. The summed E-state index contributed by atoms with van der Waals surface area (Å²) in [6, 6.07) is 4.57. The Morgan fingerprint density at radius 1 is 1.38 bits per heavy atom. The van der Waals surface area contributed by atoms with Crippen molar-refractivity contribution in [1.29, 1.82) is 0 Å². The van der Waals surface area contributed by atoms with Crippen molar-refractivity contribution in [3.63, 3.8) is 0 Å². The van der Waals surface area contributed by atoms with Crippen molar-refractivity contribution in [3.05, 3.63) is 35.3 Å². The number of carboxylic acid groups (broad SMARTS) is 1. The molecule has 2 aromatic rings. The zero-order chi connectivity index (χ0) is 11.9. The molecule has 0 saturated carbocycles. The Morgan fingerprint density at radius 3 is 2.69 bits per heavy atom. The summed E-state index contributed by atoms with van der Waals surface area (Å²) in [6.45, 7) is 3.35. The van der Waals surface area contributed by atoms with Gasteiger partial charge < -0.3 is 14.5 Å². The Kier molecular flexibility index (Phi) is 2.42. The highest BCUT2D eigenvalue weighted by Gasteiger charge is 2.09. The zero-order valence-corrected chi connectivity index (χ0v) is 9.08. The third-order valence-electron chi connectivity index (χ3n) is 2.64. The van der Waals surface area contributed by atoms with Crippen LogP contribution in [0, 0.1) is 19.7 Å². The van der Waals surface area contributed by atoms with E-state index in [1.54, 1.807) is 24.5 Å². The van der Waals surface area contributed by atoms with Gasteiger partial charge in [0.2, 0.25) is 0 Å². The quantitative estimate of drug-likeness (QED) is 0.762. The van der Waals surface area contributed by atoms with Crippen molar-refractivity contribution in [2.75, 3.05) is 0 Å². The van der Waals surface area contributed by atoms with Gasteiger partial charge in [-0.05, 0) is 37.6 Å². The molecule has 4 heteroatoms. The van der Waals surface area contributed by atoms with Crippen LogP contribution < -0.4 is 5.11 Å². The summed E-state index contributed by atoms with van der Waals surface area (Å²) >= 11 is 0. The van der Waals surface area contributed by atoms with Gasteiger partial charge in [0.1, 0.15) is 5.82 Å². The molecule has 0 radical (unpaired) electrons. The Bertz CT molecular complexity index is 572. The van der Waals surface area contributed by atoms with Crippen molar-refractivity contribution in [2.45, 2.75) is 20.4 Å². The van der Waals surface area contributed by atoms with Crippen molar-refractivity contribution < 1.29 is 14.3 Å². The largest absolute Gasteiger partial charge is 0.548 e. The minimum absolute atomic E-state index is 0.207. The van der Waals surface area contributed by atoms with Crippen molar-refractivity contribution in [2.24, 2.45) is 0 Å². The first-order chi connectivity index (χ1) is 7.49. The fourth-order valence-electron chi connectivity index (χ4n) is 2.05. The highest BCUT2D eigenvalue weighted by molar-refractivity contribution is 5.85. The predicted molar refractivity (Wildman–Crippen MR) is 56.4 cm³/mol. The number of hydrogen-bond donors (Lipinski definition) is 0. The SMILES string of the molecule is Cc1cc(F)cc2cc(C)n(CC(=O)[O-])c12. The average Bonchev–Trinajstić information content (AvgIpc) is 2.41. The lowest BCUT2D eigenvalue weighted by atomic mass is 10.1. The second kappa shape index (κ2) is 3.63. The average molecular weight is 220 g/mol. The number of aliphatic carboxylic acids is 1. The summed E-state index contributed by atoms with van der Waals surface area (Å²) in [5.41, 5.74) is 2.26. The Morgan fingerprint density at radius 2 is 2.06 bits per heavy atom. The molecule has 0 bridgehead atoms. The number of aryl methyl sites for hydroxylation is 2. The summed E-state index contributed by atoms with van der Waals surface area (Å²) < 4.78 is 14.8. The molecule has 0 atom stereocenters. The first kappa shape index (κ1) is 10.7. The molecule has 0 aliphatic carbocycles. The van der Waals surface area contributed by atoms with Gasteiger partial charge in [0, 0.05) is 11.1 Å². The van der Waals surface area contributed by atoms with E-state index in [0.717, 1.165) is 22.2 Å². The van der Waals surface area contributed by atoms with E-state index in [4.69, 9.17) is 0 Å². The molecule has 0 spiro atoms. The molecule has 84 valence electrons. The summed E-state index contributed by atoms with van der Waals surface area (Å²) in [6.07, 6.45) is 0. The number of fused-ring (bicyclic) bond motifs is 1. The molecule has 16 heavy (non-hydrogen) atoms. The van der Waals surface area contributed by atoms with Crippen LogP contribution in [0.3, 0.4) is 0 Å². The van der Waals surface area contributed by atoms with E-state index in [0.29, 0.717) is 0 Å². The molecular formula is C12H11FNO2-. The van der Waals surface area contributed by atoms with Crippen molar-refractivity contribution >= 4 is 16.9 Å². The molecule has 1 aromatic heterocycles. The molecule has 3 nitrogen and oxygen atoms in total. The maximum Gasteiger partial charge on any atom is 0.124 e. The molecule has 0 N–H and O–H groups in total. The molecule has 1 heterocycles. The molecule has 1 aromatic carbocycles. The van der Waals surface area contributed by atoms with Gasteiger partial charge in [-0.2, -0.15) is 0 Å². The molecule has 0 amide bonds. The first-order valence-electron chi connectivity index (χ1n) is 4.95. The number of carboxylic acids is 1. The van der Waals surface area contributed by atoms with Gasteiger partial charge >= 0.3 is 0 Å². The van der Waals surface area contributed by atoms with Crippen LogP contribution in [-0.4, -0.2) is 10.5 Å². The maximum absolute atomic E-state index is 13.2. The van der Waals surface area contributed by atoms with Crippen molar-refractivity contribution in [1.82, 2.24) is 4.57 Å². The third-order valence-corrected chi connectivity index (χ3v) is 2.64. The number of nitrogens with zero attached hydrogens (tertiary/aromatic N) is 1. The lowest BCUT2D eigenvalue weighted by molar-refractivity contribution is -0.306. The van der Waals surface area contributed by atoms with Gasteiger partial charge in [-0.3, -0.25) is 0 Å². The van der Waals surface area contributed by atoms with Crippen LogP contribution in [0.5, 0.6) is 0 Å². The second-order valence-electron chi connectivity index (χ2n) is 3.90. The monoisotopic (exact) mass is 220 g/mol. The van der Waals surface area contributed by atoms with Gasteiger partial charge in [-0.1, -0.05) is 0 Å². The summed E-state index contributed by atoms with van der Waals surface area (Å²) in [5, 5.41) is 11.4. The topological polar surface area (TPSA) is 45.1 Å². The van der Waals surface area contributed by atoms with Crippen LogP contribution in [0.2, 0.25) is 0 Å². The van der Waals surface area contributed by atoms with Crippen LogP contribution in [0.25, 0.3) is 10.9 Å². The summed E-state index contributed by atoms with van der Waals surface area (Å²) in [7, 11) is 0. The second-order valence-corrected chi connectivity index (χ2v) is 3.90. The standard InChI is InChI=1S/C12H12FNO2/c1-7-3-10(13)5-9-4-8(2)14(12(7)9)6-11(15)16/h3-5H,6H2,1-2H3,(H,15,16)/p-1. The van der Waals surface area contributed by atoms with Gasteiger partial charge in [0.25, 0.3) is 0 Å². The molecule has 2 rings (SSSR count). The van der Waals surface area contributed by atoms with Gasteiger partial charge in [-0.15, -0.1) is 0 Å². The molecule has 0 aliphatic heterocycles. The van der Waals surface area contributed by atoms with E-state index >= 15 is 0 Å². The lowest BCUT2D eigenvalue weighted by Gasteiger charge is -2.10. The van der Waals surface area contributed by atoms with E-state index in [-0.39, 0.29) is 12.4 Å². The number of hydrogen-bond acceptors (Lipinski definition) is 2. The van der Waals surface area contributed by atoms with Crippen LogP contribution >= 0.6 is 0 Å². The van der Waals surface area contributed by atoms with Crippen LogP contribution in [0.4, 0.5) is 4.39 Å². The molecule has 0 aliphatic rings. The fourth-order valence-corrected chi connectivity index (χ4v) is 2.05. The molecule has 0 fully saturated rings. The van der Waals surface area contributed by atoms with Crippen LogP contribution in [0.15, 0.2) is 18.2 Å². The van der Waals surface area contributed by atoms with Crippen LogP contribution in [0.1, 0.15) is 11.3 Å². The van der Waals surface area contributed by atoms with E-state index in [1.807, 2.05) is 0 Å². The smallest absolute Gasteiger partial charge is 0.124 e. The van der Waals surface area contributed by atoms with E-state index in [1.165, 1.54) is 12.1 Å². The molecular weight excluding hydrogens is 209 g/mol. The Hall–Kier alpha value is -1.84. The van der Waals surface area contributed by atoms with Crippen molar-refractivity contribution in [3.8, 4) is 0 Å². The van der Waals surface area contributed by atoms with E-state index in [9.17, 15) is 14.3 Å². The number of rotatable bonds is 2. The minimum Gasteiger partial charge on any atom is -0.548 e. The highest BCUT2D eigenvalue weighted by atomic mass is 19.1. The maximum atomic E-state index is 13.2. The summed E-state index contributed by atoms with van der Waals surface area (Å²) in [5.74, 6) is -1.46. The number of halogens is 1. The van der Waals surface area contributed by atoms with Gasteiger partial charge in [0.15, 0.2) is 0 Å². The van der Waals surface area contributed by atoms with Gasteiger partial charge in [0.05, 0.1) is 18.0 Å². The Labute approximate surface area is 92.1 Å². The zero-order valence-electron chi connectivity index (χ0n) is 9.08. The lowest BCUT2D eigenvalue weighted by Crippen LogP contribution is -2.27. The van der Waals surface area contributed by atoms with Gasteiger partial charge in [-0.25, -0.2) is 4.39 Å². The fraction of sp³-hybridized carbons (Fsp3) is 0.250. The highest BCUT2D eigenvalue weighted by Crippen LogP contribution is 2.24. The number of benzene rings is 1. The minimum atomic E-state index is -1.15. The van der Waals surface area contributed by atoms with E-state index < -0.39 is 5.97 Å². The molecule has 0 saturated heterocycles. The number of carbonyl (C=O) groups is 1. The summed E-state index contributed by atoms with van der Waals surface area (Å²) in [4.78, 5) is 10.6.